The monoisotopic (exact) mass is 284 g/mol. The van der Waals surface area contributed by atoms with Crippen molar-refractivity contribution >= 4 is 5.97 Å². The molecule has 0 spiro atoms. The lowest BCUT2D eigenvalue weighted by Gasteiger charge is -2.39. The van der Waals surface area contributed by atoms with E-state index in [4.69, 9.17) is 9.47 Å². The van der Waals surface area contributed by atoms with Gasteiger partial charge in [0.1, 0.15) is 0 Å². The van der Waals surface area contributed by atoms with E-state index < -0.39 is 0 Å². The third kappa shape index (κ3) is 4.17. The number of ether oxygens (including phenoxy) is 2. The molecule has 116 valence electrons. The van der Waals surface area contributed by atoms with Gasteiger partial charge in [0.25, 0.3) is 0 Å². The maximum Gasteiger partial charge on any atom is 0.308 e. The van der Waals surface area contributed by atoms with E-state index in [9.17, 15) is 4.79 Å². The quantitative estimate of drug-likeness (QED) is 0.720. The summed E-state index contributed by atoms with van der Waals surface area (Å²) in [5.41, 5.74) is 0. The molecule has 2 saturated heterocycles. The van der Waals surface area contributed by atoms with Gasteiger partial charge in [-0.2, -0.15) is 0 Å². The summed E-state index contributed by atoms with van der Waals surface area (Å²) in [6.45, 7) is 10.3. The molecule has 1 unspecified atom stereocenters. The van der Waals surface area contributed by atoms with Crippen molar-refractivity contribution in [3.8, 4) is 0 Å². The minimum absolute atomic E-state index is 0.0513. The van der Waals surface area contributed by atoms with Crippen molar-refractivity contribution in [1.82, 2.24) is 9.80 Å². The Morgan fingerprint density at radius 2 is 2.00 bits per heavy atom. The van der Waals surface area contributed by atoms with Gasteiger partial charge in [0.05, 0.1) is 25.7 Å². The number of likely N-dealkylation sites (tertiary alicyclic amines) is 1. The number of morpholine rings is 1. The SMILES string of the molecule is COC(=O)C1CCN(CC2CN(C(C)C)CCO2)CC1. The molecule has 0 N–H and O–H groups in total. The number of hydrogen-bond acceptors (Lipinski definition) is 5. The number of rotatable bonds is 4. The van der Waals surface area contributed by atoms with Crippen molar-refractivity contribution < 1.29 is 14.3 Å². The lowest BCUT2D eigenvalue weighted by atomic mass is 9.97. The van der Waals surface area contributed by atoms with Crippen molar-refractivity contribution in [1.29, 1.82) is 0 Å². The molecule has 0 radical (unpaired) electrons. The van der Waals surface area contributed by atoms with Crippen LogP contribution in [0.3, 0.4) is 0 Å². The summed E-state index contributed by atoms with van der Waals surface area (Å²) in [6, 6.07) is 0.589. The number of nitrogens with zero attached hydrogens (tertiary/aromatic N) is 2. The summed E-state index contributed by atoms with van der Waals surface area (Å²) >= 11 is 0. The molecule has 2 rings (SSSR count). The Balaban J connectivity index is 1.73. The van der Waals surface area contributed by atoms with Crippen molar-refractivity contribution in [3.63, 3.8) is 0 Å². The predicted octanol–water partition coefficient (Wildman–Crippen LogP) is 0.981. The van der Waals surface area contributed by atoms with E-state index in [1.807, 2.05) is 0 Å². The summed E-state index contributed by atoms with van der Waals surface area (Å²) in [5, 5.41) is 0. The summed E-state index contributed by atoms with van der Waals surface area (Å²) in [7, 11) is 1.48. The molecule has 0 saturated carbocycles. The molecule has 5 heteroatoms. The Hall–Kier alpha value is -0.650. The molecule has 2 heterocycles. The zero-order valence-electron chi connectivity index (χ0n) is 13.0. The highest BCUT2D eigenvalue weighted by atomic mass is 16.5. The van der Waals surface area contributed by atoms with E-state index in [0.29, 0.717) is 12.1 Å². The molecular weight excluding hydrogens is 256 g/mol. The maximum atomic E-state index is 11.5. The second kappa shape index (κ2) is 7.38. The molecule has 2 fully saturated rings. The zero-order chi connectivity index (χ0) is 14.5. The van der Waals surface area contributed by atoms with E-state index in [2.05, 4.69) is 23.6 Å². The van der Waals surface area contributed by atoms with Gasteiger partial charge in [0.15, 0.2) is 0 Å². The topological polar surface area (TPSA) is 42.0 Å². The van der Waals surface area contributed by atoms with Crippen LogP contribution in [0, 0.1) is 5.92 Å². The number of carbonyl (C=O) groups is 1. The van der Waals surface area contributed by atoms with E-state index in [-0.39, 0.29) is 11.9 Å². The van der Waals surface area contributed by atoms with Crippen LogP contribution in [0.5, 0.6) is 0 Å². The van der Waals surface area contributed by atoms with Gasteiger partial charge >= 0.3 is 5.97 Å². The van der Waals surface area contributed by atoms with Gasteiger partial charge in [0, 0.05) is 25.7 Å². The van der Waals surface area contributed by atoms with Crippen molar-refractivity contribution in [2.45, 2.75) is 38.8 Å². The standard InChI is InChI=1S/C15H28N2O3/c1-12(2)17-8-9-20-14(11-17)10-16-6-4-13(5-7-16)15(18)19-3/h12-14H,4-11H2,1-3H3. The molecule has 0 amide bonds. The summed E-state index contributed by atoms with van der Waals surface area (Å²) in [5.74, 6) is 0.0419. The normalized spacial score (nSPS) is 26.9. The van der Waals surface area contributed by atoms with E-state index >= 15 is 0 Å². The molecule has 0 aromatic rings. The molecule has 0 aliphatic carbocycles. The molecule has 0 aromatic heterocycles. The first-order valence-corrected chi connectivity index (χ1v) is 7.76. The van der Waals surface area contributed by atoms with Gasteiger partial charge in [-0.3, -0.25) is 9.69 Å². The van der Waals surface area contributed by atoms with Crippen molar-refractivity contribution in [2.75, 3.05) is 46.4 Å². The minimum Gasteiger partial charge on any atom is -0.469 e. The highest BCUT2D eigenvalue weighted by Crippen LogP contribution is 2.19. The second-order valence-electron chi connectivity index (χ2n) is 6.18. The molecule has 20 heavy (non-hydrogen) atoms. The van der Waals surface area contributed by atoms with Crippen LogP contribution >= 0.6 is 0 Å². The van der Waals surface area contributed by atoms with Crippen LogP contribution in [0.15, 0.2) is 0 Å². The van der Waals surface area contributed by atoms with E-state index in [0.717, 1.165) is 52.2 Å². The van der Waals surface area contributed by atoms with Crippen LogP contribution in [0.2, 0.25) is 0 Å². The summed E-state index contributed by atoms with van der Waals surface area (Å²) in [4.78, 5) is 16.4. The van der Waals surface area contributed by atoms with Crippen LogP contribution in [0.4, 0.5) is 0 Å². The largest absolute Gasteiger partial charge is 0.469 e. The highest BCUT2D eigenvalue weighted by molar-refractivity contribution is 5.72. The first-order chi connectivity index (χ1) is 9.60. The minimum atomic E-state index is -0.0513. The molecule has 0 bridgehead atoms. The number of methoxy groups -OCH3 is 1. The molecule has 5 nitrogen and oxygen atoms in total. The number of hydrogen-bond donors (Lipinski definition) is 0. The fraction of sp³-hybridized carbons (Fsp3) is 0.933. The lowest BCUT2D eigenvalue weighted by Crippen LogP contribution is -2.51. The maximum absolute atomic E-state index is 11.5. The van der Waals surface area contributed by atoms with E-state index in [1.165, 1.54) is 7.11 Å². The van der Waals surface area contributed by atoms with Gasteiger partial charge in [-0.1, -0.05) is 0 Å². The Bertz CT molecular complexity index is 314. The number of esters is 1. The van der Waals surface area contributed by atoms with Crippen LogP contribution in [0.1, 0.15) is 26.7 Å². The zero-order valence-corrected chi connectivity index (χ0v) is 13.0. The molecule has 0 aromatic carbocycles. The average molecular weight is 284 g/mol. The average Bonchev–Trinajstić information content (AvgIpc) is 2.47. The Morgan fingerprint density at radius 1 is 1.30 bits per heavy atom. The number of piperidine rings is 1. The third-order valence-electron chi connectivity index (χ3n) is 4.48. The second-order valence-corrected chi connectivity index (χ2v) is 6.18. The summed E-state index contributed by atoms with van der Waals surface area (Å²) in [6.07, 6.45) is 2.13. The fourth-order valence-electron chi connectivity index (χ4n) is 3.13. The lowest BCUT2D eigenvalue weighted by molar-refractivity contribution is -0.147. The molecule has 2 aliphatic rings. The van der Waals surface area contributed by atoms with Gasteiger partial charge in [-0.05, 0) is 39.8 Å². The van der Waals surface area contributed by atoms with Gasteiger partial charge in [-0.15, -0.1) is 0 Å². The first-order valence-electron chi connectivity index (χ1n) is 7.76. The van der Waals surface area contributed by atoms with Gasteiger partial charge in [-0.25, -0.2) is 0 Å². The van der Waals surface area contributed by atoms with Crippen molar-refractivity contribution in [3.05, 3.63) is 0 Å². The van der Waals surface area contributed by atoms with Crippen LogP contribution in [-0.4, -0.2) is 74.4 Å². The fourth-order valence-corrected chi connectivity index (χ4v) is 3.13. The number of carbonyl (C=O) groups excluding carboxylic acids is 1. The smallest absolute Gasteiger partial charge is 0.308 e. The molecule has 1 atom stereocenters. The predicted molar refractivity (Wildman–Crippen MR) is 77.6 cm³/mol. The highest BCUT2D eigenvalue weighted by Gasteiger charge is 2.29. The van der Waals surface area contributed by atoms with Gasteiger partial charge < -0.3 is 14.4 Å². The third-order valence-corrected chi connectivity index (χ3v) is 4.48. The Labute approximate surface area is 122 Å². The van der Waals surface area contributed by atoms with Crippen LogP contribution < -0.4 is 0 Å². The van der Waals surface area contributed by atoms with Crippen LogP contribution in [0.25, 0.3) is 0 Å². The first kappa shape index (κ1) is 15.7. The molecule has 2 aliphatic heterocycles. The van der Waals surface area contributed by atoms with Gasteiger partial charge in [0.2, 0.25) is 0 Å². The Kier molecular flexibility index (Phi) is 5.81. The summed E-state index contributed by atoms with van der Waals surface area (Å²) < 4.78 is 10.7. The Morgan fingerprint density at radius 3 is 2.60 bits per heavy atom. The van der Waals surface area contributed by atoms with E-state index in [1.54, 1.807) is 0 Å². The molecular formula is C15H28N2O3. The van der Waals surface area contributed by atoms with Crippen LogP contribution in [-0.2, 0) is 14.3 Å². The van der Waals surface area contributed by atoms with Crippen molar-refractivity contribution in [2.24, 2.45) is 5.92 Å².